The first-order valence-electron chi connectivity index (χ1n) is 10.9. The number of pyridine rings is 1. The van der Waals surface area contributed by atoms with Crippen molar-refractivity contribution >= 4 is 22.9 Å². The minimum Gasteiger partial charge on any atom is -0.322 e. The van der Waals surface area contributed by atoms with E-state index in [4.69, 9.17) is 4.98 Å². The zero-order valence-corrected chi connectivity index (χ0v) is 17.8. The lowest BCUT2D eigenvalue weighted by molar-refractivity contribution is 0.144. The van der Waals surface area contributed by atoms with E-state index in [9.17, 15) is 4.79 Å². The molecule has 3 aromatic rings. The third-order valence-electron chi connectivity index (χ3n) is 5.84. The van der Waals surface area contributed by atoms with E-state index in [1.807, 2.05) is 41.4 Å². The lowest BCUT2D eigenvalue weighted by Crippen LogP contribution is -2.50. The van der Waals surface area contributed by atoms with Crippen molar-refractivity contribution in [1.29, 1.82) is 0 Å². The fourth-order valence-corrected chi connectivity index (χ4v) is 4.07. The van der Waals surface area contributed by atoms with Crippen LogP contribution in [0, 0.1) is 0 Å². The molecule has 1 N–H and O–H groups in total. The lowest BCUT2D eigenvalue weighted by atomic mass is 10.1. The number of anilines is 1. The third-order valence-corrected chi connectivity index (χ3v) is 5.84. The number of hydrogen-bond donors (Lipinski definition) is 1. The highest BCUT2D eigenvalue weighted by Crippen LogP contribution is 2.17. The SMILES string of the molecule is CCc1ccccc1NC(=O)N1CCN(CCn2c(CC)nc3cccnc32)CC1. The molecule has 2 aromatic heterocycles. The van der Waals surface area contributed by atoms with Gasteiger partial charge in [-0.15, -0.1) is 0 Å². The number of aromatic nitrogens is 3. The summed E-state index contributed by atoms with van der Waals surface area (Å²) in [4.78, 5) is 26.2. The second kappa shape index (κ2) is 9.26. The van der Waals surface area contributed by atoms with Gasteiger partial charge in [-0.3, -0.25) is 4.90 Å². The number of fused-ring (bicyclic) bond motifs is 1. The summed E-state index contributed by atoms with van der Waals surface area (Å²) in [6.45, 7) is 9.27. The van der Waals surface area contributed by atoms with Crippen molar-refractivity contribution in [3.05, 3.63) is 54.0 Å². The minimum absolute atomic E-state index is 0.00590. The van der Waals surface area contributed by atoms with Crippen LogP contribution in [0.5, 0.6) is 0 Å². The predicted octanol–water partition coefficient (Wildman–Crippen LogP) is 3.41. The fourth-order valence-electron chi connectivity index (χ4n) is 4.07. The first-order valence-corrected chi connectivity index (χ1v) is 10.9. The van der Waals surface area contributed by atoms with E-state index in [0.717, 1.165) is 80.3 Å². The fraction of sp³-hybridized carbons (Fsp3) is 0.435. The van der Waals surface area contributed by atoms with Gasteiger partial charge in [-0.05, 0) is 30.2 Å². The first-order chi connectivity index (χ1) is 14.7. The van der Waals surface area contributed by atoms with Gasteiger partial charge in [-0.25, -0.2) is 14.8 Å². The number of para-hydroxylation sites is 1. The first kappa shape index (κ1) is 20.3. The summed E-state index contributed by atoms with van der Waals surface area (Å²) in [5.41, 5.74) is 4.00. The zero-order valence-electron chi connectivity index (χ0n) is 17.8. The highest BCUT2D eigenvalue weighted by molar-refractivity contribution is 5.90. The Hall–Kier alpha value is -2.93. The minimum atomic E-state index is -0.00590. The van der Waals surface area contributed by atoms with Crippen molar-refractivity contribution in [3.8, 4) is 0 Å². The van der Waals surface area contributed by atoms with E-state index >= 15 is 0 Å². The molecular weight excluding hydrogens is 376 g/mol. The molecule has 1 saturated heterocycles. The summed E-state index contributed by atoms with van der Waals surface area (Å²) >= 11 is 0. The number of benzene rings is 1. The summed E-state index contributed by atoms with van der Waals surface area (Å²) in [7, 11) is 0. The van der Waals surface area contributed by atoms with E-state index in [2.05, 4.69) is 39.7 Å². The Balaban J connectivity index is 1.31. The van der Waals surface area contributed by atoms with Crippen LogP contribution in [0.4, 0.5) is 10.5 Å². The van der Waals surface area contributed by atoms with Gasteiger partial charge < -0.3 is 14.8 Å². The number of carbonyl (C=O) groups excluding carboxylic acids is 1. The number of nitrogens with one attached hydrogen (secondary N) is 1. The van der Waals surface area contributed by atoms with Gasteiger partial charge in [0.15, 0.2) is 5.65 Å². The maximum Gasteiger partial charge on any atom is 0.321 e. The molecule has 0 saturated carbocycles. The van der Waals surface area contributed by atoms with Gasteiger partial charge in [-0.2, -0.15) is 0 Å². The number of nitrogens with zero attached hydrogens (tertiary/aromatic N) is 5. The molecule has 0 atom stereocenters. The number of aryl methyl sites for hydroxylation is 2. The van der Waals surface area contributed by atoms with E-state index in [1.165, 1.54) is 0 Å². The van der Waals surface area contributed by atoms with Crippen molar-refractivity contribution in [1.82, 2.24) is 24.3 Å². The van der Waals surface area contributed by atoms with Crippen molar-refractivity contribution in [2.45, 2.75) is 33.2 Å². The molecule has 1 aliphatic rings. The topological polar surface area (TPSA) is 66.3 Å². The number of hydrogen-bond acceptors (Lipinski definition) is 4. The number of piperazine rings is 1. The zero-order chi connectivity index (χ0) is 20.9. The average molecular weight is 407 g/mol. The van der Waals surface area contributed by atoms with E-state index in [-0.39, 0.29) is 6.03 Å². The second-order valence-corrected chi connectivity index (χ2v) is 7.65. The van der Waals surface area contributed by atoms with Crippen LogP contribution < -0.4 is 5.32 Å². The molecule has 7 heteroatoms. The average Bonchev–Trinajstić information content (AvgIpc) is 3.16. The molecule has 1 fully saturated rings. The predicted molar refractivity (Wildman–Crippen MR) is 120 cm³/mol. The molecule has 158 valence electrons. The molecule has 7 nitrogen and oxygen atoms in total. The van der Waals surface area contributed by atoms with Crippen LogP contribution in [-0.4, -0.2) is 63.1 Å². The highest BCUT2D eigenvalue weighted by Gasteiger charge is 2.22. The number of urea groups is 1. The molecule has 3 heterocycles. The smallest absolute Gasteiger partial charge is 0.321 e. The van der Waals surface area contributed by atoms with Crippen molar-refractivity contribution in [2.75, 3.05) is 38.0 Å². The van der Waals surface area contributed by atoms with Crippen molar-refractivity contribution < 1.29 is 4.79 Å². The van der Waals surface area contributed by atoms with Crippen LogP contribution in [0.1, 0.15) is 25.2 Å². The molecule has 0 radical (unpaired) electrons. The quantitative estimate of drug-likeness (QED) is 0.681. The van der Waals surface area contributed by atoms with Crippen molar-refractivity contribution in [2.24, 2.45) is 0 Å². The maximum absolute atomic E-state index is 12.7. The Morgan fingerprint density at radius 1 is 1.00 bits per heavy atom. The summed E-state index contributed by atoms with van der Waals surface area (Å²) in [5.74, 6) is 1.08. The number of imidazole rings is 1. The van der Waals surface area contributed by atoms with Crippen LogP contribution in [-0.2, 0) is 19.4 Å². The van der Waals surface area contributed by atoms with Gasteiger partial charge in [0.25, 0.3) is 0 Å². The molecule has 0 unspecified atom stereocenters. The second-order valence-electron chi connectivity index (χ2n) is 7.65. The number of rotatable bonds is 6. The summed E-state index contributed by atoms with van der Waals surface area (Å²) in [6.07, 6.45) is 3.62. The normalized spacial score (nSPS) is 14.9. The van der Waals surface area contributed by atoms with Crippen LogP contribution >= 0.6 is 0 Å². The van der Waals surface area contributed by atoms with E-state index < -0.39 is 0 Å². The molecular formula is C23H30N6O. The van der Waals surface area contributed by atoms with Gasteiger partial charge in [0.2, 0.25) is 0 Å². The largest absolute Gasteiger partial charge is 0.322 e. The summed E-state index contributed by atoms with van der Waals surface area (Å²) in [5, 5.41) is 3.08. The van der Waals surface area contributed by atoms with Gasteiger partial charge in [0.05, 0.1) is 0 Å². The summed E-state index contributed by atoms with van der Waals surface area (Å²) < 4.78 is 2.23. The molecule has 1 aromatic carbocycles. The van der Waals surface area contributed by atoms with Crippen LogP contribution in [0.3, 0.4) is 0 Å². The number of amides is 2. The third kappa shape index (κ3) is 4.31. The van der Waals surface area contributed by atoms with Crippen LogP contribution in [0.15, 0.2) is 42.6 Å². The molecule has 0 spiro atoms. The Morgan fingerprint density at radius 2 is 1.80 bits per heavy atom. The molecule has 1 aliphatic heterocycles. The van der Waals surface area contributed by atoms with E-state index in [0.29, 0.717) is 0 Å². The Kier molecular flexibility index (Phi) is 6.28. The molecule has 2 amide bonds. The molecule has 0 aliphatic carbocycles. The highest BCUT2D eigenvalue weighted by atomic mass is 16.2. The molecule has 0 bridgehead atoms. The lowest BCUT2D eigenvalue weighted by Gasteiger charge is -2.35. The standard InChI is InChI=1S/C23H30N6O/c1-3-18-8-5-6-9-19(18)26-23(30)28-15-12-27(13-16-28)14-17-29-21(4-2)25-20-10-7-11-24-22(20)29/h5-11H,3-4,12-17H2,1-2H3,(H,26,30). The monoisotopic (exact) mass is 406 g/mol. The Bertz CT molecular complexity index is 1010. The van der Waals surface area contributed by atoms with Crippen molar-refractivity contribution in [3.63, 3.8) is 0 Å². The van der Waals surface area contributed by atoms with Gasteiger partial charge in [0, 0.05) is 57.6 Å². The van der Waals surface area contributed by atoms with Crippen LogP contribution in [0.2, 0.25) is 0 Å². The maximum atomic E-state index is 12.7. The van der Waals surface area contributed by atoms with E-state index in [1.54, 1.807) is 0 Å². The Morgan fingerprint density at radius 3 is 2.57 bits per heavy atom. The Labute approximate surface area is 177 Å². The van der Waals surface area contributed by atoms with Crippen LogP contribution in [0.25, 0.3) is 11.2 Å². The molecule has 30 heavy (non-hydrogen) atoms. The number of carbonyl (C=O) groups is 1. The summed E-state index contributed by atoms with van der Waals surface area (Å²) in [6, 6.07) is 12.0. The van der Waals surface area contributed by atoms with Gasteiger partial charge in [0.1, 0.15) is 11.3 Å². The molecule has 4 rings (SSSR count). The van der Waals surface area contributed by atoms with Gasteiger partial charge >= 0.3 is 6.03 Å². The van der Waals surface area contributed by atoms with Gasteiger partial charge in [-0.1, -0.05) is 32.0 Å².